The molecule has 154 valence electrons. The lowest BCUT2D eigenvalue weighted by Gasteiger charge is -2.27. The summed E-state index contributed by atoms with van der Waals surface area (Å²) in [5.74, 6) is 1.40. The van der Waals surface area contributed by atoms with Crippen LogP contribution in [-0.4, -0.2) is 46.5 Å². The lowest BCUT2D eigenvalue weighted by atomic mass is 10.00. The lowest BCUT2D eigenvalue weighted by molar-refractivity contribution is -0.118. The van der Waals surface area contributed by atoms with Gasteiger partial charge in [0.15, 0.2) is 11.5 Å². The maximum absolute atomic E-state index is 12.4. The van der Waals surface area contributed by atoms with Gasteiger partial charge in [0.25, 0.3) is 0 Å². The Kier molecular flexibility index (Phi) is 6.44. The third-order valence-corrected chi connectivity index (χ3v) is 5.28. The Morgan fingerprint density at radius 2 is 1.59 bits per heavy atom. The van der Waals surface area contributed by atoms with E-state index in [1.165, 1.54) is 17.2 Å². The SMILES string of the molecule is COc1cc(/C=C/C(=O)NCC2(OC)Cc3ccccc3C2)cc(OC)c1OC. The minimum atomic E-state index is -0.403. The van der Waals surface area contributed by atoms with Gasteiger partial charge in [0, 0.05) is 32.6 Å². The molecule has 0 radical (unpaired) electrons. The van der Waals surface area contributed by atoms with Gasteiger partial charge in [-0.3, -0.25) is 4.79 Å². The monoisotopic (exact) mass is 397 g/mol. The Labute approximate surface area is 171 Å². The second-order valence-corrected chi connectivity index (χ2v) is 7.02. The first-order valence-electron chi connectivity index (χ1n) is 9.42. The highest BCUT2D eigenvalue weighted by Crippen LogP contribution is 2.38. The van der Waals surface area contributed by atoms with Gasteiger partial charge >= 0.3 is 0 Å². The van der Waals surface area contributed by atoms with Crippen LogP contribution in [0.5, 0.6) is 17.2 Å². The van der Waals surface area contributed by atoms with Crippen LogP contribution >= 0.6 is 0 Å². The summed E-state index contributed by atoms with van der Waals surface area (Å²) in [6.45, 7) is 0.441. The first-order chi connectivity index (χ1) is 14.0. The minimum Gasteiger partial charge on any atom is -0.493 e. The Hall–Kier alpha value is -2.99. The predicted octanol–water partition coefficient (Wildman–Crippen LogP) is 3.03. The van der Waals surface area contributed by atoms with Gasteiger partial charge in [-0.15, -0.1) is 0 Å². The van der Waals surface area contributed by atoms with E-state index in [1.54, 1.807) is 46.6 Å². The van der Waals surface area contributed by atoms with Crippen LogP contribution in [0, 0.1) is 0 Å². The fourth-order valence-electron chi connectivity index (χ4n) is 3.68. The number of hydrogen-bond donors (Lipinski definition) is 1. The summed E-state index contributed by atoms with van der Waals surface area (Å²) in [6.07, 6.45) is 4.78. The van der Waals surface area contributed by atoms with E-state index in [1.807, 2.05) is 12.1 Å². The van der Waals surface area contributed by atoms with Crippen molar-refractivity contribution in [1.82, 2.24) is 5.32 Å². The third-order valence-electron chi connectivity index (χ3n) is 5.28. The molecule has 0 fully saturated rings. The van der Waals surface area contributed by atoms with Crippen molar-refractivity contribution in [3.63, 3.8) is 0 Å². The summed E-state index contributed by atoms with van der Waals surface area (Å²) < 4.78 is 21.8. The van der Waals surface area contributed by atoms with E-state index >= 15 is 0 Å². The molecule has 0 heterocycles. The van der Waals surface area contributed by atoms with Crippen LogP contribution < -0.4 is 19.5 Å². The largest absolute Gasteiger partial charge is 0.493 e. The number of fused-ring (bicyclic) bond motifs is 1. The van der Waals surface area contributed by atoms with Gasteiger partial charge in [0.05, 0.1) is 26.9 Å². The molecule has 0 saturated carbocycles. The van der Waals surface area contributed by atoms with Gasteiger partial charge in [-0.1, -0.05) is 24.3 Å². The van der Waals surface area contributed by atoms with Crippen LogP contribution in [0.2, 0.25) is 0 Å². The van der Waals surface area contributed by atoms with Crippen LogP contribution in [0.3, 0.4) is 0 Å². The molecule has 0 atom stereocenters. The van der Waals surface area contributed by atoms with Crippen molar-refractivity contribution in [2.45, 2.75) is 18.4 Å². The van der Waals surface area contributed by atoms with E-state index in [0.29, 0.717) is 23.8 Å². The van der Waals surface area contributed by atoms with E-state index in [4.69, 9.17) is 18.9 Å². The second kappa shape index (κ2) is 9.01. The molecule has 3 rings (SSSR count). The molecule has 1 N–H and O–H groups in total. The van der Waals surface area contributed by atoms with E-state index in [-0.39, 0.29) is 5.91 Å². The Bertz CT molecular complexity index is 856. The summed E-state index contributed by atoms with van der Waals surface area (Å²) in [5.41, 5.74) is 2.91. The maximum Gasteiger partial charge on any atom is 0.244 e. The first-order valence-corrected chi connectivity index (χ1v) is 9.42. The Balaban J connectivity index is 1.66. The number of ether oxygens (including phenoxy) is 4. The summed E-state index contributed by atoms with van der Waals surface area (Å²) in [4.78, 5) is 12.4. The molecule has 0 saturated heterocycles. The predicted molar refractivity (Wildman–Crippen MR) is 112 cm³/mol. The smallest absolute Gasteiger partial charge is 0.244 e. The van der Waals surface area contributed by atoms with Crippen molar-refractivity contribution < 1.29 is 23.7 Å². The van der Waals surface area contributed by atoms with Crippen molar-refractivity contribution >= 4 is 12.0 Å². The normalized spacial score (nSPS) is 14.5. The number of carbonyl (C=O) groups is 1. The highest BCUT2D eigenvalue weighted by molar-refractivity contribution is 5.92. The number of benzene rings is 2. The molecule has 2 aromatic rings. The van der Waals surface area contributed by atoms with Crippen LogP contribution in [0.25, 0.3) is 6.08 Å². The fraction of sp³-hybridized carbons (Fsp3) is 0.348. The van der Waals surface area contributed by atoms with Crippen LogP contribution in [0.15, 0.2) is 42.5 Å². The number of hydrogen-bond acceptors (Lipinski definition) is 5. The van der Waals surface area contributed by atoms with Gasteiger partial charge in [-0.2, -0.15) is 0 Å². The molecular formula is C23H27NO5. The third kappa shape index (κ3) is 4.54. The number of amides is 1. The zero-order valence-electron chi connectivity index (χ0n) is 17.3. The minimum absolute atomic E-state index is 0.189. The molecule has 6 nitrogen and oxygen atoms in total. The van der Waals surface area contributed by atoms with Gasteiger partial charge in [0.1, 0.15) is 0 Å². The van der Waals surface area contributed by atoms with Crippen molar-refractivity contribution in [1.29, 1.82) is 0 Å². The van der Waals surface area contributed by atoms with E-state index < -0.39 is 5.60 Å². The van der Waals surface area contributed by atoms with E-state index in [9.17, 15) is 4.79 Å². The van der Waals surface area contributed by atoms with E-state index in [0.717, 1.165) is 18.4 Å². The number of methoxy groups -OCH3 is 4. The van der Waals surface area contributed by atoms with Gasteiger partial charge in [0.2, 0.25) is 11.7 Å². The molecule has 0 unspecified atom stereocenters. The highest BCUT2D eigenvalue weighted by atomic mass is 16.5. The molecule has 2 aromatic carbocycles. The van der Waals surface area contributed by atoms with Crippen LogP contribution in [-0.2, 0) is 22.4 Å². The molecule has 0 bridgehead atoms. The zero-order chi connectivity index (χ0) is 20.9. The van der Waals surface area contributed by atoms with Crippen molar-refractivity contribution in [2.24, 2.45) is 0 Å². The molecule has 6 heteroatoms. The molecule has 0 aliphatic heterocycles. The summed E-state index contributed by atoms with van der Waals surface area (Å²) in [6, 6.07) is 11.9. The maximum atomic E-state index is 12.4. The summed E-state index contributed by atoms with van der Waals surface area (Å²) >= 11 is 0. The van der Waals surface area contributed by atoms with Crippen LogP contribution in [0.1, 0.15) is 16.7 Å². The molecular weight excluding hydrogens is 370 g/mol. The topological polar surface area (TPSA) is 66.0 Å². The average Bonchev–Trinajstić information content (AvgIpc) is 3.14. The number of carbonyl (C=O) groups excluding carboxylic acids is 1. The van der Waals surface area contributed by atoms with Crippen molar-refractivity contribution in [3.05, 3.63) is 59.2 Å². The molecule has 1 amide bonds. The Morgan fingerprint density at radius 3 is 2.07 bits per heavy atom. The standard InChI is InChI=1S/C23H27NO5/c1-26-19-11-16(12-20(27-2)22(19)28-3)9-10-21(25)24-15-23(29-4)13-17-7-5-6-8-18(17)14-23/h5-12H,13-15H2,1-4H3,(H,24,25)/b10-9+. The first kappa shape index (κ1) is 20.7. The molecule has 0 aromatic heterocycles. The summed E-state index contributed by atoms with van der Waals surface area (Å²) in [7, 11) is 6.36. The van der Waals surface area contributed by atoms with Crippen LogP contribution in [0.4, 0.5) is 0 Å². The molecule has 29 heavy (non-hydrogen) atoms. The van der Waals surface area contributed by atoms with Crippen molar-refractivity contribution in [2.75, 3.05) is 35.0 Å². The molecule has 1 aliphatic carbocycles. The van der Waals surface area contributed by atoms with Gasteiger partial charge < -0.3 is 24.3 Å². The van der Waals surface area contributed by atoms with Gasteiger partial charge in [-0.05, 0) is 34.9 Å². The fourth-order valence-corrected chi connectivity index (χ4v) is 3.68. The highest BCUT2D eigenvalue weighted by Gasteiger charge is 2.37. The molecule has 1 aliphatic rings. The molecule has 0 spiro atoms. The Morgan fingerprint density at radius 1 is 1.00 bits per heavy atom. The number of rotatable bonds is 8. The van der Waals surface area contributed by atoms with Crippen molar-refractivity contribution in [3.8, 4) is 17.2 Å². The van der Waals surface area contributed by atoms with Gasteiger partial charge in [-0.25, -0.2) is 0 Å². The summed E-state index contributed by atoms with van der Waals surface area (Å²) in [5, 5.41) is 2.96. The average molecular weight is 397 g/mol. The quantitative estimate of drug-likeness (QED) is 0.694. The second-order valence-electron chi connectivity index (χ2n) is 7.02. The number of nitrogens with one attached hydrogen (secondary N) is 1. The lowest BCUT2D eigenvalue weighted by Crippen LogP contribution is -2.44. The zero-order valence-corrected chi connectivity index (χ0v) is 17.3. The van der Waals surface area contributed by atoms with E-state index in [2.05, 4.69) is 17.4 Å².